The smallest absolute Gasteiger partial charge is 0.315 e. The molecule has 0 spiro atoms. The first-order chi connectivity index (χ1) is 9.08. The molecule has 0 aromatic rings. The molecule has 1 aliphatic carbocycles. The Kier molecular flexibility index (Phi) is 6.67. The Morgan fingerprint density at radius 2 is 1.89 bits per heavy atom. The number of urea groups is 1. The maximum absolute atomic E-state index is 11.7. The highest BCUT2D eigenvalue weighted by Gasteiger charge is 2.24. The second-order valence-electron chi connectivity index (χ2n) is 5.23. The third-order valence-electron chi connectivity index (χ3n) is 3.92. The number of rotatable bonds is 6. The van der Waals surface area contributed by atoms with Gasteiger partial charge in [0.15, 0.2) is 0 Å². The number of carbonyl (C=O) groups excluding carboxylic acids is 2. The molecule has 5 nitrogen and oxygen atoms in total. The maximum Gasteiger partial charge on any atom is 0.315 e. The lowest BCUT2D eigenvalue weighted by molar-refractivity contribution is -0.130. The summed E-state index contributed by atoms with van der Waals surface area (Å²) >= 11 is 0. The molecule has 19 heavy (non-hydrogen) atoms. The quantitative estimate of drug-likeness (QED) is 0.771. The number of hydrogen-bond acceptors (Lipinski definition) is 2. The summed E-state index contributed by atoms with van der Waals surface area (Å²) in [6.45, 7) is 7.94. The minimum absolute atomic E-state index is 0.0968. The van der Waals surface area contributed by atoms with Crippen LogP contribution in [0.3, 0.4) is 0 Å². The summed E-state index contributed by atoms with van der Waals surface area (Å²) in [5.74, 6) is 0.655. The van der Waals surface area contributed by atoms with Crippen LogP contribution >= 0.6 is 0 Å². The van der Waals surface area contributed by atoms with Crippen LogP contribution in [0, 0.1) is 5.92 Å². The van der Waals surface area contributed by atoms with Crippen LogP contribution in [0.5, 0.6) is 0 Å². The molecule has 0 bridgehead atoms. The fraction of sp³-hybridized carbons (Fsp3) is 0.857. The number of nitrogens with one attached hydrogen (secondary N) is 2. The zero-order chi connectivity index (χ0) is 14.3. The van der Waals surface area contributed by atoms with E-state index in [1.54, 1.807) is 4.90 Å². The Morgan fingerprint density at radius 1 is 1.21 bits per heavy atom. The minimum Gasteiger partial charge on any atom is -0.343 e. The summed E-state index contributed by atoms with van der Waals surface area (Å²) in [6, 6.07) is 0.143. The Morgan fingerprint density at radius 3 is 2.42 bits per heavy atom. The van der Waals surface area contributed by atoms with Gasteiger partial charge in [-0.05, 0) is 32.6 Å². The molecule has 3 amide bonds. The van der Waals surface area contributed by atoms with E-state index in [2.05, 4.69) is 17.6 Å². The van der Waals surface area contributed by atoms with Gasteiger partial charge in [0, 0.05) is 32.1 Å². The molecule has 1 saturated carbocycles. The van der Waals surface area contributed by atoms with E-state index in [-0.39, 0.29) is 11.9 Å². The van der Waals surface area contributed by atoms with Crippen LogP contribution in [0.1, 0.15) is 46.5 Å². The van der Waals surface area contributed by atoms with E-state index < -0.39 is 0 Å². The lowest BCUT2D eigenvalue weighted by atomic mass is 10.1. The molecule has 1 rings (SSSR count). The van der Waals surface area contributed by atoms with Gasteiger partial charge in [-0.3, -0.25) is 4.79 Å². The van der Waals surface area contributed by atoms with Gasteiger partial charge in [-0.25, -0.2) is 4.79 Å². The lowest BCUT2D eigenvalue weighted by Gasteiger charge is -2.20. The fourth-order valence-corrected chi connectivity index (χ4v) is 2.60. The van der Waals surface area contributed by atoms with E-state index in [1.807, 2.05) is 13.8 Å². The monoisotopic (exact) mass is 269 g/mol. The first kappa shape index (κ1) is 15.8. The zero-order valence-corrected chi connectivity index (χ0v) is 12.4. The van der Waals surface area contributed by atoms with Crippen molar-refractivity contribution in [2.45, 2.75) is 52.5 Å². The first-order valence-electron chi connectivity index (χ1n) is 7.40. The molecule has 1 aliphatic rings. The van der Waals surface area contributed by atoms with Gasteiger partial charge >= 0.3 is 6.03 Å². The van der Waals surface area contributed by atoms with Crippen LogP contribution in [0.4, 0.5) is 4.79 Å². The van der Waals surface area contributed by atoms with Gasteiger partial charge in [-0.15, -0.1) is 0 Å². The average molecular weight is 269 g/mol. The van der Waals surface area contributed by atoms with Crippen molar-refractivity contribution in [1.29, 1.82) is 0 Å². The molecule has 0 aromatic heterocycles. The van der Waals surface area contributed by atoms with Crippen LogP contribution in [0.15, 0.2) is 0 Å². The van der Waals surface area contributed by atoms with Crippen molar-refractivity contribution < 1.29 is 9.59 Å². The highest BCUT2D eigenvalue weighted by molar-refractivity contribution is 5.78. The summed E-state index contributed by atoms with van der Waals surface area (Å²) in [5.41, 5.74) is 0. The van der Waals surface area contributed by atoms with Crippen molar-refractivity contribution in [3.63, 3.8) is 0 Å². The van der Waals surface area contributed by atoms with Crippen LogP contribution in [0.25, 0.3) is 0 Å². The van der Waals surface area contributed by atoms with Crippen molar-refractivity contribution in [3.8, 4) is 0 Å². The van der Waals surface area contributed by atoms with Gasteiger partial charge in [0.1, 0.15) is 0 Å². The lowest BCUT2D eigenvalue weighted by Crippen LogP contribution is -2.44. The van der Waals surface area contributed by atoms with Crippen LogP contribution in [-0.2, 0) is 4.79 Å². The van der Waals surface area contributed by atoms with Crippen molar-refractivity contribution in [2.24, 2.45) is 5.92 Å². The minimum atomic E-state index is -0.147. The average Bonchev–Trinajstić information content (AvgIpc) is 2.76. The second kappa shape index (κ2) is 8.02. The maximum atomic E-state index is 11.7. The summed E-state index contributed by atoms with van der Waals surface area (Å²) in [7, 11) is 0. The summed E-state index contributed by atoms with van der Waals surface area (Å²) in [4.78, 5) is 25.2. The third-order valence-corrected chi connectivity index (χ3v) is 3.92. The Hall–Kier alpha value is -1.26. The molecule has 2 N–H and O–H groups in total. The van der Waals surface area contributed by atoms with Gasteiger partial charge in [-0.1, -0.05) is 13.3 Å². The van der Waals surface area contributed by atoms with Gasteiger partial charge in [0.05, 0.1) is 0 Å². The van der Waals surface area contributed by atoms with Gasteiger partial charge in [0.25, 0.3) is 0 Å². The fourth-order valence-electron chi connectivity index (χ4n) is 2.60. The predicted octanol–water partition coefficient (Wildman–Crippen LogP) is 1.73. The summed E-state index contributed by atoms with van der Waals surface area (Å²) in [5, 5.41) is 5.75. The number of hydrogen-bond donors (Lipinski definition) is 2. The molecule has 1 fully saturated rings. The molecule has 0 saturated heterocycles. The SMILES string of the molecule is CCN(CC)C(=O)CCNC(=O)N[C@@H]1CCC[C@@H]1C. The second-order valence-corrected chi connectivity index (χ2v) is 5.23. The highest BCUT2D eigenvalue weighted by atomic mass is 16.2. The van der Waals surface area contributed by atoms with Gasteiger partial charge in [-0.2, -0.15) is 0 Å². The Balaban J connectivity index is 2.18. The van der Waals surface area contributed by atoms with Crippen molar-refractivity contribution in [3.05, 3.63) is 0 Å². The standard InChI is InChI=1S/C14H27N3O2/c1-4-17(5-2)13(18)9-10-15-14(19)16-12-8-6-7-11(12)3/h11-12H,4-10H2,1-3H3,(H2,15,16,19)/t11-,12+/m0/s1. The van der Waals surface area contributed by atoms with E-state index in [4.69, 9.17) is 0 Å². The predicted molar refractivity (Wildman–Crippen MR) is 75.9 cm³/mol. The molecule has 0 radical (unpaired) electrons. The van der Waals surface area contributed by atoms with E-state index >= 15 is 0 Å². The summed E-state index contributed by atoms with van der Waals surface area (Å²) in [6.07, 6.45) is 3.81. The normalized spacial score (nSPS) is 22.1. The molecule has 110 valence electrons. The molecule has 0 aromatic carbocycles. The topological polar surface area (TPSA) is 61.4 Å². The van der Waals surface area contributed by atoms with E-state index in [0.717, 1.165) is 19.5 Å². The Labute approximate surface area is 116 Å². The molecule has 0 aliphatic heterocycles. The molecule has 5 heteroatoms. The van der Waals surface area contributed by atoms with Crippen LogP contribution in [-0.4, -0.2) is 42.5 Å². The van der Waals surface area contributed by atoms with E-state index in [1.165, 1.54) is 12.8 Å². The molecule has 0 heterocycles. The molecular formula is C14H27N3O2. The van der Waals surface area contributed by atoms with Gasteiger partial charge < -0.3 is 15.5 Å². The van der Waals surface area contributed by atoms with Gasteiger partial charge in [0.2, 0.25) is 5.91 Å². The van der Waals surface area contributed by atoms with Crippen molar-refractivity contribution in [1.82, 2.24) is 15.5 Å². The number of nitrogens with zero attached hydrogens (tertiary/aromatic N) is 1. The van der Waals surface area contributed by atoms with E-state index in [9.17, 15) is 9.59 Å². The zero-order valence-electron chi connectivity index (χ0n) is 12.4. The Bertz CT molecular complexity index is 303. The largest absolute Gasteiger partial charge is 0.343 e. The molecular weight excluding hydrogens is 242 g/mol. The third kappa shape index (κ3) is 5.09. The number of amides is 3. The summed E-state index contributed by atoms with van der Waals surface area (Å²) < 4.78 is 0. The van der Waals surface area contributed by atoms with E-state index in [0.29, 0.717) is 24.9 Å². The molecule has 0 unspecified atom stereocenters. The van der Waals surface area contributed by atoms with Crippen LogP contribution < -0.4 is 10.6 Å². The van der Waals surface area contributed by atoms with Crippen LogP contribution in [0.2, 0.25) is 0 Å². The van der Waals surface area contributed by atoms with Crippen molar-refractivity contribution >= 4 is 11.9 Å². The first-order valence-corrected chi connectivity index (χ1v) is 7.40. The van der Waals surface area contributed by atoms with Crippen molar-refractivity contribution in [2.75, 3.05) is 19.6 Å². The number of carbonyl (C=O) groups is 2. The molecule has 2 atom stereocenters. The highest BCUT2D eigenvalue weighted by Crippen LogP contribution is 2.24.